The molecular weight excluding hydrogens is 421 g/mol. The molecule has 0 atom stereocenters. The monoisotopic (exact) mass is 451 g/mol. The molecule has 1 aromatic heterocycles. The van der Waals surface area contributed by atoms with Crippen LogP contribution in [-0.4, -0.2) is 28.5 Å². The van der Waals surface area contributed by atoms with E-state index in [1.165, 1.54) is 17.2 Å². The lowest BCUT2D eigenvalue weighted by Crippen LogP contribution is -2.27. The largest absolute Gasteiger partial charge is 0.343 e. The average molecular weight is 452 g/mol. The Kier molecular flexibility index (Phi) is 7.20. The van der Waals surface area contributed by atoms with Gasteiger partial charge in [-0.1, -0.05) is 44.2 Å². The summed E-state index contributed by atoms with van der Waals surface area (Å²) < 4.78 is 16.8. The van der Waals surface area contributed by atoms with Crippen LogP contribution >= 0.6 is 11.3 Å². The summed E-state index contributed by atoms with van der Waals surface area (Å²) in [6.45, 7) is 6.55. The van der Waals surface area contributed by atoms with Gasteiger partial charge in [0.15, 0.2) is 4.80 Å². The number of para-hydroxylation sites is 1. The summed E-state index contributed by atoms with van der Waals surface area (Å²) in [5, 5.41) is 2.00. The van der Waals surface area contributed by atoms with Gasteiger partial charge in [0.25, 0.3) is 0 Å². The molecule has 0 unspecified atom stereocenters. The van der Waals surface area contributed by atoms with Crippen molar-refractivity contribution in [3.8, 4) is 11.3 Å². The van der Waals surface area contributed by atoms with E-state index in [0.717, 1.165) is 55.0 Å². The molecule has 1 fully saturated rings. The molecule has 3 aromatic rings. The number of likely N-dealkylation sites (tertiary alicyclic amines) is 1. The Morgan fingerprint density at radius 1 is 1.03 bits per heavy atom. The quantitative estimate of drug-likeness (QED) is 0.431. The van der Waals surface area contributed by atoms with Gasteiger partial charge in [-0.3, -0.25) is 4.79 Å². The Hall–Kier alpha value is -2.73. The van der Waals surface area contributed by atoms with Crippen LogP contribution in [0.3, 0.4) is 0 Å². The molecule has 0 bridgehead atoms. The topological polar surface area (TPSA) is 37.6 Å². The maximum absolute atomic E-state index is 14.7. The van der Waals surface area contributed by atoms with Gasteiger partial charge in [-0.15, -0.1) is 11.3 Å². The number of rotatable bonds is 8. The van der Waals surface area contributed by atoms with Gasteiger partial charge in [0, 0.05) is 37.0 Å². The molecule has 4 rings (SSSR count). The lowest BCUT2D eigenvalue weighted by atomic mass is 10.0. The van der Waals surface area contributed by atoms with E-state index in [2.05, 4.69) is 36.6 Å². The summed E-state index contributed by atoms with van der Waals surface area (Å²) in [5.41, 5.74) is 4.90. The molecule has 0 spiro atoms. The van der Waals surface area contributed by atoms with E-state index in [1.807, 2.05) is 22.4 Å². The van der Waals surface area contributed by atoms with Crippen LogP contribution in [0.15, 0.2) is 52.8 Å². The summed E-state index contributed by atoms with van der Waals surface area (Å²) >= 11 is 1.55. The van der Waals surface area contributed by atoms with E-state index >= 15 is 0 Å². The highest BCUT2D eigenvalue weighted by molar-refractivity contribution is 7.07. The maximum Gasteiger partial charge on any atom is 0.222 e. The number of aromatic nitrogens is 1. The van der Waals surface area contributed by atoms with Crippen molar-refractivity contribution < 1.29 is 9.18 Å². The molecule has 2 aromatic carbocycles. The lowest BCUT2D eigenvalue weighted by molar-refractivity contribution is -0.127. The summed E-state index contributed by atoms with van der Waals surface area (Å²) in [7, 11) is 0. The molecule has 0 N–H and O–H groups in total. The zero-order chi connectivity index (χ0) is 22.5. The normalized spacial score (nSPS) is 14.5. The van der Waals surface area contributed by atoms with Gasteiger partial charge in [-0.05, 0) is 48.9 Å². The van der Waals surface area contributed by atoms with Gasteiger partial charge in [0.1, 0.15) is 5.82 Å². The van der Waals surface area contributed by atoms with Crippen LogP contribution in [-0.2, 0) is 24.2 Å². The number of benzene rings is 2. The van der Waals surface area contributed by atoms with Gasteiger partial charge in [0.2, 0.25) is 5.91 Å². The highest BCUT2D eigenvalue weighted by atomic mass is 32.1. The predicted molar refractivity (Wildman–Crippen MR) is 129 cm³/mol. The Balaban J connectivity index is 1.75. The van der Waals surface area contributed by atoms with Crippen molar-refractivity contribution in [2.45, 2.75) is 52.5 Å². The third-order valence-corrected chi connectivity index (χ3v) is 6.96. The third-order valence-electron chi connectivity index (χ3n) is 6.10. The van der Waals surface area contributed by atoms with Crippen molar-refractivity contribution in [3.05, 3.63) is 69.6 Å². The molecule has 0 radical (unpaired) electrons. The van der Waals surface area contributed by atoms with Crippen molar-refractivity contribution in [1.82, 2.24) is 9.47 Å². The highest BCUT2D eigenvalue weighted by Crippen LogP contribution is 2.27. The molecule has 4 nitrogen and oxygen atoms in total. The fourth-order valence-corrected chi connectivity index (χ4v) is 5.27. The Bertz CT molecular complexity index is 1140. The second kappa shape index (κ2) is 10.3. The molecule has 6 heteroatoms. The number of thiazole rings is 1. The fraction of sp³-hybridized carbons (Fsp3) is 0.385. The van der Waals surface area contributed by atoms with Gasteiger partial charge in [0.05, 0.1) is 11.4 Å². The molecule has 1 amide bonds. The fourth-order valence-electron chi connectivity index (χ4n) is 4.33. The minimum atomic E-state index is -0.233. The van der Waals surface area contributed by atoms with Crippen LogP contribution in [0.25, 0.3) is 11.3 Å². The van der Waals surface area contributed by atoms with E-state index < -0.39 is 0 Å². The van der Waals surface area contributed by atoms with E-state index in [9.17, 15) is 9.18 Å². The zero-order valence-corrected chi connectivity index (χ0v) is 19.6. The van der Waals surface area contributed by atoms with Crippen LogP contribution in [0, 0.1) is 5.82 Å². The molecule has 2 heterocycles. The molecule has 1 aliphatic rings. The van der Waals surface area contributed by atoms with Crippen LogP contribution in [0.1, 0.15) is 44.2 Å². The number of nitrogens with zero attached hydrogens (tertiary/aromatic N) is 3. The number of carbonyl (C=O) groups excluding carboxylic acids is 1. The van der Waals surface area contributed by atoms with E-state index in [-0.39, 0.29) is 11.7 Å². The van der Waals surface area contributed by atoms with Crippen molar-refractivity contribution >= 4 is 22.9 Å². The third kappa shape index (κ3) is 4.70. The maximum atomic E-state index is 14.7. The van der Waals surface area contributed by atoms with Crippen molar-refractivity contribution in [2.24, 2.45) is 4.99 Å². The Morgan fingerprint density at radius 3 is 2.44 bits per heavy atom. The second-order valence-corrected chi connectivity index (χ2v) is 8.95. The molecule has 1 aliphatic heterocycles. The van der Waals surface area contributed by atoms with Crippen LogP contribution in [0.4, 0.5) is 10.1 Å². The molecule has 1 saturated heterocycles. The van der Waals surface area contributed by atoms with Crippen LogP contribution < -0.4 is 4.80 Å². The number of hydrogen-bond acceptors (Lipinski definition) is 3. The number of amides is 1. The van der Waals surface area contributed by atoms with Gasteiger partial charge >= 0.3 is 0 Å². The number of halogens is 1. The van der Waals surface area contributed by atoms with Crippen molar-refractivity contribution in [3.63, 3.8) is 0 Å². The first-order valence-electron chi connectivity index (χ1n) is 11.5. The van der Waals surface area contributed by atoms with Crippen LogP contribution in [0.2, 0.25) is 0 Å². The Labute approximate surface area is 193 Å². The van der Waals surface area contributed by atoms with Gasteiger partial charge < -0.3 is 9.47 Å². The molecule has 32 heavy (non-hydrogen) atoms. The zero-order valence-electron chi connectivity index (χ0n) is 18.8. The molecule has 168 valence electrons. The van der Waals surface area contributed by atoms with E-state index in [1.54, 1.807) is 17.4 Å². The molecule has 0 saturated carbocycles. The van der Waals surface area contributed by atoms with Gasteiger partial charge in [-0.25, -0.2) is 9.38 Å². The summed E-state index contributed by atoms with van der Waals surface area (Å²) in [4.78, 5) is 19.9. The first-order valence-corrected chi connectivity index (χ1v) is 12.4. The predicted octanol–water partition coefficient (Wildman–Crippen LogP) is 5.73. The first-order chi connectivity index (χ1) is 15.6. The average Bonchev–Trinajstić information content (AvgIpc) is 3.40. The van der Waals surface area contributed by atoms with Crippen molar-refractivity contribution in [1.29, 1.82) is 0 Å². The molecule has 0 aliphatic carbocycles. The summed E-state index contributed by atoms with van der Waals surface area (Å²) in [5.74, 6) is 0.00699. The van der Waals surface area contributed by atoms with E-state index in [0.29, 0.717) is 18.5 Å². The van der Waals surface area contributed by atoms with E-state index in [4.69, 9.17) is 4.99 Å². The first kappa shape index (κ1) is 22.5. The number of aryl methyl sites for hydroxylation is 2. The highest BCUT2D eigenvalue weighted by Gasteiger charge is 2.20. The number of hydrogen-bond donors (Lipinski definition) is 0. The standard InChI is InChI=1S/C26H30FN3OS/c1-3-19-10-7-11-20(4-2)25(19)28-26-30(17-9-16-29-15-8-14-24(29)31)23(18-32-26)21-12-5-6-13-22(21)27/h5-7,10-13,18H,3-4,8-9,14-17H2,1-2H3. The Morgan fingerprint density at radius 2 is 1.78 bits per heavy atom. The summed E-state index contributed by atoms with van der Waals surface area (Å²) in [6, 6.07) is 13.3. The summed E-state index contributed by atoms with van der Waals surface area (Å²) in [6.07, 6.45) is 4.23. The molecular formula is C26H30FN3OS. The minimum Gasteiger partial charge on any atom is -0.343 e. The SMILES string of the molecule is CCc1cccc(CC)c1N=c1scc(-c2ccccc2F)n1CCCN1CCCC1=O. The smallest absolute Gasteiger partial charge is 0.222 e. The second-order valence-electron chi connectivity index (χ2n) is 8.12. The lowest BCUT2D eigenvalue weighted by Gasteiger charge is -2.16. The van der Waals surface area contributed by atoms with Crippen LogP contribution in [0.5, 0.6) is 0 Å². The van der Waals surface area contributed by atoms with Crippen molar-refractivity contribution in [2.75, 3.05) is 13.1 Å². The number of carbonyl (C=O) groups is 1. The van der Waals surface area contributed by atoms with Gasteiger partial charge in [-0.2, -0.15) is 0 Å². The minimum absolute atomic E-state index is 0.233.